The van der Waals surface area contributed by atoms with Gasteiger partial charge >= 0.3 is 5.97 Å². The van der Waals surface area contributed by atoms with Crippen molar-refractivity contribution in [1.29, 1.82) is 0 Å². The number of nitrogens with two attached hydrogens (primary N) is 1. The van der Waals surface area contributed by atoms with Crippen molar-refractivity contribution in [2.45, 2.75) is 64.3 Å². The van der Waals surface area contributed by atoms with Crippen molar-refractivity contribution in [1.82, 2.24) is 9.78 Å². The highest BCUT2D eigenvalue weighted by Gasteiger charge is 2.29. The predicted molar refractivity (Wildman–Crippen MR) is 78.7 cm³/mol. The molecule has 2 rings (SSSR count). The van der Waals surface area contributed by atoms with Crippen molar-refractivity contribution in [3.8, 4) is 0 Å². The minimum absolute atomic E-state index is 0.355. The smallest absolute Gasteiger partial charge is 0.358 e. The largest absolute Gasteiger partial charge is 0.464 e. The number of unbranched alkanes of at least 4 members (excludes halogenated alkanes) is 1. The SMILES string of the molecule is CCCCn1nc(C(=O)OC)c(C2CCCCC2)c1N. The lowest BCUT2D eigenvalue weighted by Gasteiger charge is -2.22. The molecule has 1 aromatic heterocycles. The molecule has 1 aliphatic rings. The Kier molecular flexibility index (Phi) is 5.04. The Bertz CT molecular complexity index is 462. The van der Waals surface area contributed by atoms with Gasteiger partial charge in [0, 0.05) is 12.1 Å². The van der Waals surface area contributed by atoms with Gasteiger partial charge in [-0.2, -0.15) is 5.10 Å². The van der Waals surface area contributed by atoms with Crippen molar-refractivity contribution < 1.29 is 9.53 Å². The first-order chi connectivity index (χ1) is 9.69. The quantitative estimate of drug-likeness (QED) is 0.841. The van der Waals surface area contributed by atoms with Crippen molar-refractivity contribution in [3.63, 3.8) is 0 Å². The number of esters is 1. The Morgan fingerprint density at radius 1 is 1.40 bits per heavy atom. The third kappa shape index (κ3) is 2.97. The number of anilines is 1. The highest BCUT2D eigenvalue weighted by molar-refractivity contribution is 5.90. The number of aromatic nitrogens is 2. The zero-order valence-electron chi connectivity index (χ0n) is 12.5. The lowest BCUT2D eigenvalue weighted by Crippen LogP contribution is -2.12. The molecule has 0 aliphatic heterocycles. The summed E-state index contributed by atoms with van der Waals surface area (Å²) < 4.78 is 6.65. The molecule has 0 saturated heterocycles. The zero-order valence-corrected chi connectivity index (χ0v) is 12.5. The molecular weight excluding hydrogens is 254 g/mol. The summed E-state index contributed by atoms with van der Waals surface area (Å²) in [5.74, 6) is 0.645. The molecule has 20 heavy (non-hydrogen) atoms. The van der Waals surface area contributed by atoms with E-state index in [2.05, 4.69) is 12.0 Å². The molecule has 5 heteroatoms. The van der Waals surface area contributed by atoms with E-state index in [4.69, 9.17) is 10.5 Å². The molecule has 0 radical (unpaired) electrons. The van der Waals surface area contributed by atoms with Crippen molar-refractivity contribution >= 4 is 11.8 Å². The molecule has 1 heterocycles. The summed E-state index contributed by atoms with van der Waals surface area (Å²) in [5.41, 5.74) is 7.61. The van der Waals surface area contributed by atoms with E-state index in [-0.39, 0.29) is 5.97 Å². The molecule has 1 saturated carbocycles. The van der Waals surface area contributed by atoms with Crippen LogP contribution < -0.4 is 5.73 Å². The van der Waals surface area contributed by atoms with Crippen LogP contribution in [-0.2, 0) is 11.3 Å². The van der Waals surface area contributed by atoms with Crippen molar-refractivity contribution in [2.75, 3.05) is 12.8 Å². The number of nitrogens with zero attached hydrogens (tertiary/aromatic N) is 2. The van der Waals surface area contributed by atoms with Crippen LogP contribution in [0, 0.1) is 0 Å². The molecule has 0 spiro atoms. The number of carbonyl (C=O) groups is 1. The summed E-state index contributed by atoms with van der Waals surface area (Å²) in [4.78, 5) is 12.0. The molecule has 1 fully saturated rings. The highest BCUT2D eigenvalue weighted by Crippen LogP contribution is 2.37. The summed E-state index contributed by atoms with van der Waals surface area (Å²) in [6.07, 6.45) is 7.94. The van der Waals surface area contributed by atoms with Crippen LogP contribution in [0.15, 0.2) is 0 Å². The predicted octanol–water partition coefficient (Wildman–Crippen LogP) is 3.10. The summed E-state index contributed by atoms with van der Waals surface area (Å²) >= 11 is 0. The van der Waals surface area contributed by atoms with E-state index in [9.17, 15) is 4.79 Å². The second-order valence-corrected chi connectivity index (χ2v) is 5.55. The van der Waals surface area contributed by atoms with Crippen LogP contribution in [0.3, 0.4) is 0 Å². The Labute approximate surface area is 120 Å². The molecule has 112 valence electrons. The molecule has 1 aromatic rings. The molecule has 0 aromatic carbocycles. The molecule has 2 N–H and O–H groups in total. The Balaban J connectivity index is 2.34. The minimum atomic E-state index is -0.368. The first-order valence-corrected chi connectivity index (χ1v) is 7.63. The monoisotopic (exact) mass is 279 g/mol. The van der Waals surface area contributed by atoms with Gasteiger partial charge < -0.3 is 10.5 Å². The fraction of sp³-hybridized carbons (Fsp3) is 0.733. The number of hydrogen-bond donors (Lipinski definition) is 1. The molecule has 0 bridgehead atoms. The molecule has 5 nitrogen and oxygen atoms in total. The van der Waals surface area contributed by atoms with Gasteiger partial charge in [-0.3, -0.25) is 0 Å². The third-order valence-corrected chi connectivity index (χ3v) is 4.15. The van der Waals surface area contributed by atoms with Crippen molar-refractivity contribution in [3.05, 3.63) is 11.3 Å². The van der Waals surface area contributed by atoms with E-state index in [1.165, 1.54) is 26.4 Å². The van der Waals surface area contributed by atoms with Gasteiger partial charge in [0.2, 0.25) is 0 Å². The van der Waals surface area contributed by atoms with E-state index in [1.54, 1.807) is 4.68 Å². The summed E-state index contributed by atoms with van der Waals surface area (Å²) in [6.45, 7) is 2.89. The number of hydrogen-bond acceptors (Lipinski definition) is 4. The number of methoxy groups -OCH3 is 1. The summed E-state index contributed by atoms with van der Waals surface area (Å²) in [7, 11) is 1.40. The minimum Gasteiger partial charge on any atom is -0.464 e. The maximum atomic E-state index is 12.0. The van der Waals surface area contributed by atoms with Gasteiger partial charge in [-0.15, -0.1) is 0 Å². The van der Waals surface area contributed by atoms with Crippen LogP contribution >= 0.6 is 0 Å². The van der Waals surface area contributed by atoms with Crippen LogP contribution in [-0.4, -0.2) is 22.9 Å². The zero-order chi connectivity index (χ0) is 14.5. The normalized spacial score (nSPS) is 16.3. The Hall–Kier alpha value is -1.52. The molecule has 0 unspecified atom stereocenters. The van der Waals surface area contributed by atoms with Crippen LogP contribution in [0.2, 0.25) is 0 Å². The first-order valence-electron chi connectivity index (χ1n) is 7.63. The van der Waals surface area contributed by atoms with E-state index in [0.29, 0.717) is 17.4 Å². The van der Waals surface area contributed by atoms with E-state index in [1.807, 2.05) is 0 Å². The van der Waals surface area contributed by atoms with Crippen LogP contribution in [0.5, 0.6) is 0 Å². The maximum Gasteiger partial charge on any atom is 0.358 e. The average Bonchev–Trinajstić information content (AvgIpc) is 2.82. The average molecular weight is 279 g/mol. The van der Waals surface area contributed by atoms with Gasteiger partial charge in [0.25, 0.3) is 0 Å². The van der Waals surface area contributed by atoms with Crippen LogP contribution in [0.4, 0.5) is 5.82 Å². The van der Waals surface area contributed by atoms with Gasteiger partial charge in [-0.05, 0) is 25.2 Å². The molecule has 0 amide bonds. The van der Waals surface area contributed by atoms with Crippen LogP contribution in [0.25, 0.3) is 0 Å². The van der Waals surface area contributed by atoms with E-state index < -0.39 is 0 Å². The second-order valence-electron chi connectivity index (χ2n) is 5.55. The van der Waals surface area contributed by atoms with Gasteiger partial charge in [0.15, 0.2) is 5.69 Å². The first kappa shape index (κ1) is 14.9. The highest BCUT2D eigenvalue weighted by atomic mass is 16.5. The molecule has 1 aliphatic carbocycles. The molecule has 0 atom stereocenters. The summed E-state index contributed by atoms with van der Waals surface area (Å²) in [5, 5.41) is 4.41. The van der Waals surface area contributed by atoms with Crippen LogP contribution in [0.1, 0.15) is 73.8 Å². The maximum absolute atomic E-state index is 12.0. The number of rotatable bonds is 5. The van der Waals surface area contributed by atoms with E-state index >= 15 is 0 Å². The fourth-order valence-electron chi connectivity index (χ4n) is 3.01. The molecular formula is C15H25N3O2. The lowest BCUT2D eigenvalue weighted by molar-refractivity contribution is 0.0590. The standard InChI is InChI=1S/C15H25N3O2/c1-3-4-10-18-14(16)12(11-8-6-5-7-9-11)13(17-18)15(19)20-2/h11H,3-10,16H2,1-2H3. The number of carbonyl (C=O) groups excluding carboxylic acids is 1. The van der Waals surface area contributed by atoms with Gasteiger partial charge in [-0.25, -0.2) is 9.48 Å². The Morgan fingerprint density at radius 2 is 2.10 bits per heavy atom. The van der Waals surface area contributed by atoms with E-state index in [0.717, 1.165) is 37.8 Å². The topological polar surface area (TPSA) is 70.1 Å². The summed E-state index contributed by atoms with van der Waals surface area (Å²) in [6, 6.07) is 0. The number of nitrogen functional groups attached to an aromatic ring is 1. The van der Waals surface area contributed by atoms with Gasteiger partial charge in [0.1, 0.15) is 5.82 Å². The second kappa shape index (κ2) is 6.77. The number of ether oxygens (including phenoxy) is 1. The third-order valence-electron chi connectivity index (χ3n) is 4.15. The Morgan fingerprint density at radius 3 is 2.70 bits per heavy atom. The van der Waals surface area contributed by atoms with Gasteiger partial charge in [-0.1, -0.05) is 32.6 Å². The fourth-order valence-corrected chi connectivity index (χ4v) is 3.01. The lowest BCUT2D eigenvalue weighted by atomic mass is 9.83. The number of aryl methyl sites for hydroxylation is 1. The van der Waals surface area contributed by atoms with Gasteiger partial charge in [0.05, 0.1) is 7.11 Å². The van der Waals surface area contributed by atoms with Crippen molar-refractivity contribution in [2.24, 2.45) is 0 Å².